The van der Waals surface area contributed by atoms with Crippen molar-refractivity contribution in [3.8, 4) is 0 Å². The van der Waals surface area contributed by atoms with Crippen molar-refractivity contribution in [1.82, 2.24) is 15.2 Å². The third-order valence-corrected chi connectivity index (χ3v) is 4.42. The first-order chi connectivity index (χ1) is 11.3. The van der Waals surface area contributed by atoms with Crippen LogP contribution in [0.4, 0.5) is 0 Å². The van der Waals surface area contributed by atoms with E-state index >= 15 is 0 Å². The largest absolute Gasteiger partial charge is 0.378 e. The van der Waals surface area contributed by atoms with Crippen LogP contribution in [0.25, 0.3) is 0 Å². The molecule has 0 aromatic carbocycles. The van der Waals surface area contributed by atoms with Gasteiger partial charge in [-0.3, -0.25) is 9.78 Å². The van der Waals surface area contributed by atoms with Crippen molar-refractivity contribution < 1.29 is 14.3 Å². The number of rotatable bonds is 5. The molecule has 0 spiro atoms. The summed E-state index contributed by atoms with van der Waals surface area (Å²) in [6.45, 7) is 4.37. The van der Waals surface area contributed by atoms with Crippen molar-refractivity contribution in [2.45, 2.75) is 38.0 Å². The number of carbonyl (C=O) groups excluding carboxylic acids is 1. The molecule has 1 aromatic rings. The van der Waals surface area contributed by atoms with Crippen molar-refractivity contribution in [2.75, 3.05) is 32.8 Å². The van der Waals surface area contributed by atoms with E-state index in [1.807, 2.05) is 23.2 Å². The van der Waals surface area contributed by atoms with Gasteiger partial charge in [0.05, 0.1) is 25.9 Å². The number of ether oxygens (including phenoxy) is 2. The number of pyridine rings is 1. The zero-order chi connectivity index (χ0) is 15.9. The highest BCUT2D eigenvalue weighted by atomic mass is 35.5. The number of morpholine rings is 1. The number of aromatic nitrogens is 1. The number of carbonyl (C=O) groups is 1. The van der Waals surface area contributed by atoms with E-state index < -0.39 is 0 Å². The fraction of sp³-hybridized carbons (Fsp3) is 0.647. The highest BCUT2D eigenvalue weighted by Crippen LogP contribution is 2.17. The molecule has 8 heteroatoms. The Morgan fingerprint density at radius 2 is 2.16 bits per heavy atom. The van der Waals surface area contributed by atoms with Crippen LogP contribution in [0, 0.1) is 0 Å². The number of nitrogens with one attached hydrogen (secondary N) is 1. The summed E-state index contributed by atoms with van der Waals surface area (Å²) in [6, 6.07) is 4.10. The summed E-state index contributed by atoms with van der Waals surface area (Å²) in [4.78, 5) is 18.4. The van der Waals surface area contributed by atoms with E-state index in [0.717, 1.165) is 44.6 Å². The van der Waals surface area contributed by atoms with Gasteiger partial charge in [-0.05, 0) is 24.5 Å². The maximum atomic E-state index is 12.3. The number of hydrogen-bond donors (Lipinski definition) is 1. The van der Waals surface area contributed by atoms with Gasteiger partial charge in [-0.2, -0.15) is 0 Å². The molecule has 0 aliphatic carbocycles. The minimum Gasteiger partial charge on any atom is -0.378 e. The molecular weight excluding hydrogens is 365 g/mol. The summed E-state index contributed by atoms with van der Waals surface area (Å²) in [5, 5.41) is 3.33. The SMILES string of the molecule is Cl.Cl.O=C(CC1COCCN1)N1CCC(OCc2cccnc2)CC1. The second kappa shape index (κ2) is 11.6. The van der Waals surface area contributed by atoms with E-state index in [1.165, 1.54) is 0 Å². The fourth-order valence-electron chi connectivity index (χ4n) is 3.06. The van der Waals surface area contributed by atoms with Gasteiger partial charge in [-0.1, -0.05) is 6.07 Å². The molecule has 1 atom stereocenters. The first-order valence-electron chi connectivity index (χ1n) is 8.40. The Morgan fingerprint density at radius 1 is 1.36 bits per heavy atom. The highest BCUT2D eigenvalue weighted by Gasteiger charge is 2.25. The Bertz CT molecular complexity index is 493. The number of piperidine rings is 1. The Labute approximate surface area is 161 Å². The van der Waals surface area contributed by atoms with Gasteiger partial charge >= 0.3 is 0 Å². The average Bonchev–Trinajstić information content (AvgIpc) is 2.62. The highest BCUT2D eigenvalue weighted by molar-refractivity contribution is 5.85. The van der Waals surface area contributed by atoms with E-state index in [9.17, 15) is 4.79 Å². The molecule has 2 fully saturated rings. The predicted molar refractivity (Wildman–Crippen MR) is 100 cm³/mol. The van der Waals surface area contributed by atoms with Crippen LogP contribution in [0.5, 0.6) is 0 Å². The van der Waals surface area contributed by atoms with Gasteiger partial charge in [0.2, 0.25) is 5.91 Å². The Morgan fingerprint density at radius 3 is 2.80 bits per heavy atom. The molecule has 3 heterocycles. The lowest BCUT2D eigenvalue weighted by Gasteiger charge is -2.33. The molecule has 142 valence electrons. The lowest BCUT2D eigenvalue weighted by Crippen LogP contribution is -2.47. The van der Waals surface area contributed by atoms with Gasteiger partial charge in [0.25, 0.3) is 0 Å². The van der Waals surface area contributed by atoms with Crippen LogP contribution in [0.3, 0.4) is 0 Å². The van der Waals surface area contributed by atoms with Crippen LogP contribution in [-0.4, -0.2) is 60.8 Å². The summed E-state index contributed by atoms with van der Waals surface area (Å²) in [5.41, 5.74) is 1.09. The summed E-state index contributed by atoms with van der Waals surface area (Å²) in [6.07, 6.45) is 6.16. The number of hydrogen-bond acceptors (Lipinski definition) is 5. The number of amides is 1. The molecule has 1 N–H and O–H groups in total. The minimum absolute atomic E-state index is 0. The summed E-state index contributed by atoms with van der Waals surface area (Å²) < 4.78 is 11.3. The van der Waals surface area contributed by atoms with Gasteiger partial charge in [-0.25, -0.2) is 0 Å². The Kier molecular flexibility index (Phi) is 10.3. The molecule has 2 saturated heterocycles. The number of halogens is 2. The van der Waals surface area contributed by atoms with Crippen molar-refractivity contribution in [2.24, 2.45) is 0 Å². The first kappa shape index (κ1) is 22.1. The van der Waals surface area contributed by atoms with Crippen molar-refractivity contribution >= 4 is 30.7 Å². The fourth-order valence-corrected chi connectivity index (χ4v) is 3.06. The first-order valence-corrected chi connectivity index (χ1v) is 8.40. The van der Waals surface area contributed by atoms with Gasteiger partial charge in [-0.15, -0.1) is 24.8 Å². The van der Waals surface area contributed by atoms with Gasteiger partial charge in [0.15, 0.2) is 0 Å². The third kappa shape index (κ3) is 7.07. The van der Waals surface area contributed by atoms with Gasteiger partial charge < -0.3 is 19.7 Å². The molecule has 0 radical (unpaired) electrons. The zero-order valence-electron chi connectivity index (χ0n) is 14.3. The predicted octanol–water partition coefficient (Wildman–Crippen LogP) is 1.81. The van der Waals surface area contributed by atoms with Gasteiger partial charge in [0.1, 0.15) is 0 Å². The second-order valence-electron chi connectivity index (χ2n) is 6.18. The maximum Gasteiger partial charge on any atom is 0.224 e. The maximum absolute atomic E-state index is 12.3. The Hall–Kier alpha value is -0.920. The normalized spacial score (nSPS) is 21.1. The molecule has 2 aliphatic heterocycles. The molecule has 3 rings (SSSR count). The monoisotopic (exact) mass is 391 g/mol. The lowest BCUT2D eigenvalue weighted by atomic mass is 10.1. The standard InChI is InChI=1S/C17H25N3O3.2ClH/c21-17(10-15-13-22-9-6-19-15)20-7-3-16(4-8-20)23-12-14-2-1-5-18-11-14;;/h1-2,5,11,15-16,19H,3-4,6-10,12-13H2;2*1H. The van der Waals surface area contributed by atoms with Crippen molar-refractivity contribution in [3.05, 3.63) is 30.1 Å². The van der Waals surface area contributed by atoms with E-state index in [0.29, 0.717) is 19.6 Å². The summed E-state index contributed by atoms with van der Waals surface area (Å²) in [7, 11) is 0. The average molecular weight is 392 g/mol. The molecule has 6 nitrogen and oxygen atoms in total. The van der Waals surface area contributed by atoms with Gasteiger partial charge in [0, 0.05) is 44.5 Å². The molecule has 2 aliphatic rings. The molecule has 1 amide bonds. The third-order valence-electron chi connectivity index (χ3n) is 4.42. The lowest BCUT2D eigenvalue weighted by molar-refractivity contribution is -0.135. The van der Waals surface area contributed by atoms with Crippen LogP contribution >= 0.6 is 24.8 Å². The molecule has 0 saturated carbocycles. The van der Waals surface area contributed by atoms with Crippen molar-refractivity contribution in [3.63, 3.8) is 0 Å². The molecular formula is C17H27Cl2N3O3. The van der Waals surface area contributed by atoms with Crippen molar-refractivity contribution in [1.29, 1.82) is 0 Å². The number of nitrogens with zero attached hydrogens (tertiary/aromatic N) is 2. The van der Waals surface area contributed by atoms with E-state index in [-0.39, 0.29) is 42.9 Å². The van der Waals surface area contributed by atoms with Crippen LogP contribution < -0.4 is 5.32 Å². The van der Waals surface area contributed by atoms with Crippen LogP contribution in [0.2, 0.25) is 0 Å². The topological polar surface area (TPSA) is 63.7 Å². The number of likely N-dealkylation sites (tertiary alicyclic amines) is 1. The van der Waals surface area contributed by atoms with Crippen LogP contribution in [0.1, 0.15) is 24.8 Å². The Balaban J connectivity index is 0.00000156. The summed E-state index contributed by atoms with van der Waals surface area (Å²) >= 11 is 0. The smallest absolute Gasteiger partial charge is 0.224 e. The van der Waals surface area contributed by atoms with E-state index in [1.54, 1.807) is 6.20 Å². The van der Waals surface area contributed by atoms with Crippen LogP contribution in [0.15, 0.2) is 24.5 Å². The molecule has 25 heavy (non-hydrogen) atoms. The quantitative estimate of drug-likeness (QED) is 0.828. The summed E-state index contributed by atoms with van der Waals surface area (Å²) in [5.74, 6) is 0.221. The van der Waals surface area contributed by atoms with E-state index in [4.69, 9.17) is 9.47 Å². The molecule has 1 aromatic heterocycles. The second-order valence-corrected chi connectivity index (χ2v) is 6.18. The molecule has 1 unspecified atom stereocenters. The van der Waals surface area contributed by atoms with Crippen LogP contribution in [-0.2, 0) is 20.9 Å². The zero-order valence-corrected chi connectivity index (χ0v) is 15.9. The van der Waals surface area contributed by atoms with E-state index in [2.05, 4.69) is 10.3 Å². The molecule has 0 bridgehead atoms. The minimum atomic E-state index is 0.